The SMILES string of the molecule is CC1CN(C)CCN1c1ccc(CBr)cc1Br. The minimum absolute atomic E-state index is 0.569. The van der Waals surface area contributed by atoms with Gasteiger partial charge in [0, 0.05) is 35.5 Å². The monoisotopic (exact) mass is 360 g/mol. The van der Waals surface area contributed by atoms with E-state index in [2.05, 4.69) is 73.8 Å². The van der Waals surface area contributed by atoms with Crippen LogP contribution in [0.1, 0.15) is 12.5 Å². The maximum Gasteiger partial charge on any atom is 0.0514 e. The van der Waals surface area contributed by atoms with Gasteiger partial charge in [0.25, 0.3) is 0 Å². The average molecular weight is 362 g/mol. The molecule has 0 saturated carbocycles. The summed E-state index contributed by atoms with van der Waals surface area (Å²) in [5, 5.41) is 0.907. The minimum Gasteiger partial charge on any atom is -0.365 e. The van der Waals surface area contributed by atoms with E-state index in [1.54, 1.807) is 0 Å². The Hall–Kier alpha value is -0.0600. The number of halogens is 2. The number of benzene rings is 1. The Morgan fingerprint density at radius 3 is 2.71 bits per heavy atom. The summed E-state index contributed by atoms with van der Waals surface area (Å²) in [5.74, 6) is 0. The van der Waals surface area contributed by atoms with Gasteiger partial charge in [-0.2, -0.15) is 0 Å². The van der Waals surface area contributed by atoms with Crippen LogP contribution in [0.15, 0.2) is 22.7 Å². The quantitative estimate of drug-likeness (QED) is 0.744. The molecule has 1 heterocycles. The molecule has 0 aliphatic carbocycles. The van der Waals surface area contributed by atoms with Crippen LogP contribution < -0.4 is 4.90 Å². The van der Waals surface area contributed by atoms with Gasteiger partial charge in [0.15, 0.2) is 0 Å². The fourth-order valence-corrected chi connectivity index (χ4v) is 3.37. The van der Waals surface area contributed by atoms with Crippen molar-refractivity contribution in [3.8, 4) is 0 Å². The first-order valence-corrected chi connectivity index (χ1v) is 7.83. The van der Waals surface area contributed by atoms with E-state index >= 15 is 0 Å². The van der Waals surface area contributed by atoms with Gasteiger partial charge in [0.2, 0.25) is 0 Å². The van der Waals surface area contributed by atoms with E-state index in [9.17, 15) is 0 Å². The van der Waals surface area contributed by atoms with Gasteiger partial charge in [-0.05, 0) is 47.6 Å². The van der Waals surface area contributed by atoms with Crippen molar-refractivity contribution >= 4 is 37.5 Å². The van der Waals surface area contributed by atoms with Crippen LogP contribution in [-0.2, 0) is 5.33 Å². The lowest BCUT2D eigenvalue weighted by Crippen LogP contribution is -2.50. The van der Waals surface area contributed by atoms with Crippen molar-refractivity contribution in [3.05, 3.63) is 28.2 Å². The fraction of sp³-hybridized carbons (Fsp3) is 0.538. The van der Waals surface area contributed by atoms with Gasteiger partial charge in [-0.25, -0.2) is 0 Å². The van der Waals surface area contributed by atoms with E-state index < -0.39 is 0 Å². The first-order valence-electron chi connectivity index (χ1n) is 5.91. The van der Waals surface area contributed by atoms with Crippen molar-refractivity contribution in [2.24, 2.45) is 0 Å². The number of anilines is 1. The van der Waals surface area contributed by atoms with Crippen LogP contribution in [0.3, 0.4) is 0 Å². The van der Waals surface area contributed by atoms with E-state index in [0.29, 0.717) is 6.04 Å². The Labute approximate surface area is 120 Å². The molecule has 1 saturated heterocycles. The van der Waals surface area contributed by atoms with Crippen LogP contribution in [0.4, 0.5) is 5.69 Å². The molecule has 0 bridgehead atoms. The summed E-state index contributed by atoms with van der Waals surface area (Å²) in [4.78, 5) is 4.88. The van der Waals surface area contributed by atoms with E-state index in [0.717, 1.165) is 25.0 Å². The molecule has 1 aromatic rings. The van der Waals surface area contributed by atoms with E-state index in [4.69, 9.17) is 0 Å². The molecule has 2 rings (SSSR count). The van der Waals surface area contributed by atoms with E-state index in [1.165, 1.54) is 15.7 Å². The summed E-state index contributed by atoms with van der Waals surface area (Å²) in [6.07, 6.45) is 0. The number of rotatable bonds is 2. The zero-order valence-electron chi connectivity index (χ0n) is 10.3. The third kappa shape index (κ3) is 3.04. The molecule has 1 aromatic carbocycles. The normalized spacial score (nSPS) is 21.9. The molecule has 1 fully saturated rings. The summed E-state index contributed by atoms with van der Waals surface area (Å²) >= 11 is 7.18. The molecule has 1 atom stereocenters. The minimum atomic E-state index is 0.569. The van der Waals surface area contributed by atoms with Gasteiger partial charge >= 0.3 is 0 Å². The van der Waals surface area contributed by atoms with Gasteiger partial charge in [-0.15, -0.1) is 0 Å². The second-order valence-corrected chi connectivity index (χ2v) is 6.14. The van der Waals surface area contributed by atoms with Gasteiger partial charge < -0.3 is 9.80 Å². The third-order valence-electron chi connectivity index (χ3n) is 3.31. The second-order valence-electron chi connectivity index (χ2n) is 4.72. The Morgan fingerprint density at radius 2 is 2.12 bits per heavy atom. The lowest BCUT2D eigenvalue weighted by atomic mass is 10.1. The molecule has 0 N–H and O–H groups in total. The average Bonchev–Trinajstić information content (AvgIpc) is 2.30. The standard InChI is InChI=1S/C13H18Br2N2/c1-10-9-16(2)5-6-17(10)13-4-3-11(8-14)7-12(13)15/h3-4,7,10H,5-6,8-9H2,1-2H3. The molecule has 1 unspecified atom stereocenters. The second kappa shape index (κ2) is 5.72. The summed E-state index contributed by atoms with van der Waals surface area (Å²) < 4.78 is 1.20. The Bertz CT molecular complexity index is 395. The van der Waals surface area contributed by atoms with Gasteiger partial charge in [0.05, 0.1) is 5.69 Å². The molecular weight excluding hydrogens is 344 g/mol. The number of alkyl halides is 1. The zero-order valence-corrected chi connectivity index (χ0v) is 13.5. The molecule has 0 spiro atoms. The third-order valence-corrected chi connectivity index (χ3v) is 4.59. The molecule has 1 aliphatic heterocycles. The van der Waals surface area contributed by atoms with E-state index in [-0.39, 0.29) is 0 Å². The lowest BCUT2D eigenvalue weighted by Gasteiger charge is -2.40. The van der Waals surface area contributed by atoms with Crippen molar-refractivity contribution in [1.29, 1.82) is 0 Å². The lowest BCUT2D eigenvalue weighted by molar-refractivity contribution is 0.275. The number of hydrogen-bond donors (Lipinski definition) is 0. The molecule has 0 radical (unpaired) electrons. The fourth-order valence-electron chi connectivity index (χ4n) is 2.36. The van der Waals surface area contributed by atoms with Crippen molar-refractivity contribution in [2.75, 3.05) is 31.6 Å². The highest BCUT2D eigenvalue weighted by Crippen LogP contribution is 2.30. The summed E-state index contributed by atoms with van der Waals surface area (Å²) in [6.45, 7) is 5.66. The van der Waals surface area contributed by atoms with Crippen LogP contribution >= 0.6 is 31.9 Å². The molecule has 1 aliphatic rings. The van der Waals surface area contributed by atoms with Crippen LogP contribution in [0.5, 0.6) is 0 Å². The van der Waals surface area contributed by atoms with Crippen LogP contribution in [0.25, 0.3) is 0 Å². The molecule has 0 aromatic heterocycles. The number of hydrogen-bond acceptors (Lipinski definition) is 2. The Kier molecular flexibility index (Phi) is 4.50. The highest BCUT2D eigenvalue weighted by molar-refractivity contribution is 9.10. The summed E-state index contributed by atoms with van der Waals surface area (Å²) in [6, 6.07) is 7.19. The maximum atomic E-state index is 3.69. The highest BCUT2D eigenvalue weighted by Gasteiger charge is 2.22. The maximum absolute atomic E-state index is 3.69. The predicted molar refractivity (Wildman–Crippen MR) is 81.1 cm³/mol. The molecule has 17 heavy (non-hydrogen) atoms. The van der Waals surface area contributed by atoms with Crippen LogP contribution in [0.2, 0.25) is 0 Å². The van der Waals surface area contributed by atoms with Crippen molar-refractivity contribution in [2.45, 2.75) is 18.3 Å². The smallest absolute Gasteiger partial charge is 0.0514 e. The first-order chi connectivity index (χ1) is 8.11. The van der Waals surface area contributed by atoms with Crippen molar-refractivity contribution < 1.29 is 0 Å². The Morgan fingerprint density at radius 1 is 1.35 bits per heavy atom. The summed E-state index contributed by atoms with van der Waals surface area (Å²) in [7, 11) is 2.19. The van der Waals surface area contributed by atoms with Gasteiger partial charge in [-0.3, -0.25) is 0 Å². The van der Waals surface area contributed by atoms with Crippen LogP contribution in [-0.4, -0.2) is 37.6 Å². The number of piperazine rings is 1. The molecular formula is C13H18Br2N2. The molecule has 94 valence electrons. The van der Waals surface area contributed by atoms with Gasteiger partial charge in [-0.1, -0.05) is 22.0 Å². The number of likely N-dealkylation sites (N-methyl/N-ethyl adjacent to an activating group) is 1. The van der Waals surface area contributed by atoms with Crippen LogP contribution in [0, 0.1) is 0 Å². The topological polar surface area (TPSA) is 6.48 Å². The van der Waals surface area contributed by atoms with Crippen molar-refractivity contribution in [1.82, 2.24) is 4.90 Å². The van der Waals surface area contributed by atoms with Gasteiger partial charge in [0.1, 0.15) is 0 Å². The predicted octanol–water partition coefficient (Wildman–Crippen LogP) is 3.48. The Balaban J connectivity index is 2.22. The zero-order chi connectivity index (χ0) is 12.4. The van der Waals surface area contributed by atoms with E-state index in [1.807, 2.05) is 0 Å². The largest absolute Gasteiger partial charge is 0.365 e. The highest BCUT2D eigenvalue weighted by atomic mass is 79.9. The first kappa shape index (κ1) is 13.4. The number of nitrogens with zero attached hydrogens (tertiary/aromatic N) is 2. The molecule has 2 nitrogen and oxygen atoms in total. The molecule has 0 amide bonds. The molecule has 4 heteroatoms. The van der Waals surface area contributed by atoms with Crippen molar-refractivity contribution in [3.63, 3.8) is 0 Å². The summed E-state index contributed by atoms with van der Waals surface area (Å²) in [5.41, 5.74) is 2.62.